The molecule has 6 heteroatoms. The molecular weight excluding hydrogens is 228 g/mol. The number of rotatable bonds is 2. The molecule has 88 valence electrons. The lowest BCUT2D eigenvalue weighted by atomic mass is 10.2. The Morgan fingerprint density at radius 2 is 2.19 bits per heavy atom. The summed E-state index contributed by atoms with van der Waals surface area (Å²) in [7, 11) is -3.52. The highest BCUT2D eigenvalue weighted by atomic mass is 32.2. The summed E-state index contributed by atoms with van der Waals surface area (Å²) in [6.45, 7) is 2.64. The molecular formula is C10H14N2O3S. The number of nitrogens with two attached hydrogens (primary N) is 1. The van der Waals surface area contributed by atoms with Crippen LogP contribution in [-0.4, -0.2) is 26.0 Å². The predicted molar refractivity (Wildman–Crippen MR) is 60.1 cm³/mol. The van der Waals surface area contributed by atoms with Crippen LogP contribution >= 0.6 is 0 Å². The van der Waals surface area contributed by atoms with Gasteiger partial charge in [-0.1, -0.05) is 4.47 Å². The average Bonchev–Trinajstić information content (AvgIpc) is 2.75. The molecule has 1 aliphatic heterocycles. The van der Waals surface area contributed by atoms with Gasteiger partial charge in [0.25, 0.3) is 10.0 Å². The second kappa shape index (κ2) is 4.04. The molecule has 1 saturated heterocycles. The molecule has 0 atom stereocenters. The largest absolute Gasteiger partial charge is 0.399 e. The van der Waals surface area contributed by atoms with Gasteiger partial charge in [-0.3, -0.25) is 4.84 Å². The number of hydrogen-bond acceptors (Lipinski definition) is 4. The Balaban J connectivity index is 2.39. The second-order valence-electron chi connectivity index (χ2n) is 3.74. The number of nitrogen functional groups attached to an aromatic ring is 1. The molecule has 16 heavy (non-hydrogen) atoms. The molecule has 0 aromatic heterocycles. The van der Waals surface area contributed by atoms with Crippen molar-refractivity contribution >= 4 is 15.7 Å². The van der Waals surface area contributed by atoms with Crippen LogP contribution in [0.5, 0.6) is 0 Å². The van der Waals surface area contributed by atoms with Gasteiger partial charge in [-0.05, 0) is 37.1 Å². The molecule has 0 spiro atoms. The molecule has 0 amide bonds. The number of aryl methyl sites for hydroxylation is 1. The third-order valence-corrected chi connectivity index (χ3v) is 4.20. The van der Waals surface area contributed by atoms with E-state index in [0.717, 1.165) is 16.5 Å². The zero-order valence-corrected chi connectivity index (χ0v) is 9.83. The van der Waals surface area contributed by atoms with Gasteiger partial charge < -0.3 is 5.73 Å². The number of anilines is 1. The first-order valence-electron chi connectivity index (χ1n) is 5.03. The third kappa shape index (κ3) is 1.91. The Morgan fingerprint density at radius 1 is 1.44 bits per heavy atom. The van der Waals surface area contributed by atoms with Crippen molar-refractivity contribution < 1.29 is 13.3 Å². The van der Waals surface area contributed by atoms with E-state index in [1.807, 2.05) is 0 Å². The van der Waals surface area contributed by atoms with Crippen molar-refractivity contribution in [2.24, 2.45) is 0 Å². The van der Waals surface area contributed by atoms with E-state index in [-0.39, 0.29) is 4.90 Å². The van der Waals surface area contributed by atoms with Gasteiger partial charge in [0.15, 0.2) is 0 Å². The maximum absolute atomic E-state index is 12.1. The molecule has 0 aliphatic carbocycles. The summed E-state index contributed by atoms with van der Waals surface area (Å²) in [6, 6.07) is 4.66. The lowest BCUT2D eigenvalue weighted by molar-refractivity contribution is -0.0284. The Kier molecular flexibility index (Phi) is 2.88. The fraction of sp³-hybridized carbons (Fsp3) is 0.400. The van der Waals surface area contributed by atoms with E-state index in [0.29, 0.717) is 18.8 Å². The molecule has 5 nitrogen and oxygen atoms in total. The Labute approximate surface area is 94.8 Å². The van der Waals surface area contributed by atoms with Crippen LogP contribution in [0.3, 0.4) is 0 Å². The van der Waals surface area contributed by atoms with Crippen LogP contribution in [0, 0.1) is 6.92 Å². The molecule has 1 heterocycles. The zero-order chi connectivity index (χ0) is 11.8. The molecule has 1 fully saturated rings. The minimum absolute atomic E-state index is 0.223. The van der Waals surface area contributed by atoms with Gasteiger partial charge in [0.1, 0.15) is 0 Å². The van der Waals surface area contributed by atoms with Crippen molar-refractivity contribution in [3.63, 3.8) is 0 Å². The summed E-state index contributed by atoms with van der Waals surface area (Å²) in [5.41, 5.74) is 6.98. The molecule has 1 aliphatic rings. The molecule has 0 bridgehead atoms. The van der Waals surface area contributed by atoms with Gasteiger partial charge in [-0.2, -0.15) is 0 Å². The molecule has 0 saturated carbocycles. The summed E-state index contributed by atoms with van der Waals surface area (Å²) >= 11 is 0. The average molecular weight is 242 g/mol. The van der Waals surface area contributed by atoms with Crippen LogP contribution in [0.15, 0.2) is 23.1 Å². The fourth-order valence-corrected chi connectivity index (χ4v) is 2.92. The van der Waals surface area contributed by atoms with Crippen molar-refractivity contribution in [3.8, 4) is 0 Å². The molecule has 1 aromatic carbocycles. The van der Waals surface area contributed by atoms with Crippen molar-refractivity contribution in [1.29, 1.82) is 0 Å². The topological polar surface area (TPSA) is 72.6 Å². The number of nitrogens with zero attached hydrogens (tertiary/aromatic N) is 1. The molecule has 1 aromatic rings. The normalized spacial score (nSPS) is 17.8. The highest BCUT2D eigenvalue weighted by Gasteiger charge is 2.28. The number of sulfonamides is 1. The predicted octanol–water partition coefficient (Wildman–Crippen LogP) is 0.903. The highest BCUT2D eigenvalue weighted by Crippen LogP contribution is 2.22. The Bertz CT molecular complexity index is 493. The minimum Gasteiger partial charge on any atom is -0.399 e. The number of hydrogen-bond donors (Lipinski definition) is 1. The van der Waals surface area contributed by atoms with Crippen LogP contribution in [0.2, 0.25) is 0 Å². The Hall–Kier alpha value is -1.11. The van der Waals surface area contributed by atoms with Crippen LogP contribution in [0.25, 0.3) is 0 Å². The van der Waals surface area contributed by atoms with Gasteiger partial charge >= 0.3 is 0 Å². The standard InChI is InChI=1S/C10H14N2O3S/c1-8-7-9(3-4-10(8)11)16(13,14)12-5-2-6-15-12/h3-4,7H,2,5-6,11H2,1H3. The SMILES string of the molecule is Cc1cc(S(=O)(=O)N2CCCO2)ccc1N. The Morgan fingerprint density at radius 3 is 2.75 bits per heavy atom. The van der Waals surface area contributed by atoms with E-state index in [9.17, 15) is 8.42 Å². The molecule has 0 unspecified atom stereocenters. The summed E-state index contributed by atoms with van der Waals surface area (Å²) in [4.78, 5) is 5.28. The van der Waals surface area contributed by atoms with E-state index >= 15 is 0 Å². The van der Waals surface area contributed by atoms with E-state index < -0.39 is 10.0 Å². The van der Waals surface area contributed by atoms with Crippen LogP contribution in [-0.2, 0) is 14.9 Å². The summed E-state index contributed by atoms with van der Waals surface area (Å²) < 4.78 is 25.2. The third-order valence-electron chi connectivity index (χ3n) is 2.53. The molecule has 2 N–H and O–H groups in total. The van der Waals surface area contributed by atoms with E-state index in [1.54, 1.807) is 19.1 Å². The number of hydroxylamine groups is 1. The first-order chi connectivity index (χ1) is 7.51. The van der Waals surface area contributed by atoms with Crippen molar-refractivity contribution in [2.75, 3.05) is 18.9 Å². The molecule has 2 rings (SSSR count). The van der Waals surface area contributed by atoms with Crippen molar-refractivity contribution in [1.82, 2.24) is 4.47 Å². The van der Waals surface area contributed by atoms with Crippen LogP contribution in [0.4, 0.5) is 5.69 Å². The second-order valence-corrected chi connectivity index (χ2v) is 5.57. The zero-order valence-electron chi connectivity index (χ0n) is 9.01. The minimum atomic E-state index is -3.52. The van der Waals surface area contributed by atoms with E-state index in [2.05, 4.69) is 0 Å². The maximum atomic E-state index is 12.1. The highest BCUT2D eigenvalue weighted by molar-refractivity contribution is 7.89. The smallest absolute Gasteiger partial charge is 0.265 e. The van der Waals surface area contributed by atoms with Crippen molar-refractivity contribution in [3.05, 3.63) is 23.8 Å². The van der Waals surface area contributed by atoms with Gasteiger partial charge in [-0.15, -0.1) is 0 Å². The van der Waals surface area contributed by atoms with Gasteiger partial charge in [0, 0.05) is 12.2 Å². The molecule has 0 radical (unpaired) electrons. The monoisotopic (exact) mass is 242 g/mol. The lowest BCUT2D eigenvalue weighted by Gasteiger charge is -2.14. The summed E-state index contributed by atoms with van der Waals surface area (Å²) in [6.07, 6.45) is 0.729. The lowest BCUT2D eigenvalue weighted by Crippen LogP contribution is -2.26. The first-order valence-corrected chi connectivity index (χ1v) is 6.47. The quantitative estimate of drug-likeness (QED) is 0.782. The summed E-state index contributed by atoms with van der Waals surface area (Å²) in [5, 5.41) is 0. The van der Waals surface area contributed by atoms with Gasteiger partial charge in [-0.25, -0.2) is 8.42 Å². The van der Waals surface area contributed by atoms with Crippen LogP contribution < -0.4 is 5.73 Å². The van der Waals surface area contributed by atoms with Gasteiger partial charge in [0.05, 0.1) is 11.5 Å². The number of benzene rings is 1. The van der Waals surface area contributed by atoms with E-state index in [4.69, 9.17) is 10.6 Å². The van der Waals surface area contributed by atoms with Gasteiger partial charge in [0.2, 0.25) is 0 Å². The van der Waals surface area contributed by atoms with E-state index in [1.165, 1.54) is 6.07 Å². The van der Waals surface area contributed by atoms with Crippen molar-refractivity contribution in [2.45, 2.75) is 18.2 Å². The maximum Gasteiger partial charge on any atom is 0.265 e. The van der Waals surface area contributed by atoms with Crippen LogP contribution in [0.1, 0.15) is 12.0 Å². The summed E-state index contributed by atoms with van der Waals surface area (Å²) in [5.74, 6) is 0. The fourth-order valence-electron chi connectivity index (χ4n) is 1.54. The first kappa shape index (κ1) is 11.4.